The predicted octanol–water partition coefficient (Wildman–Crippen LogP) is 15.8. The maximum atomic E-state index is 15.0. The number of amides is 2. The van der Waals surface area contributed by atoms with Crippen molar-refractivity contribution in [1.29, 1.82) is 0 Å². The number of esters is 9. The molecular weight excluding hydrogens is 1350 g/mol. The molecule has 0 radical (unpaired) electrons. The third-order valence-electron chi connectivity index (χ3n) is 17.0. The van der Waals surface area contributed by atoms with E-state index in [-0.39, 0.29) is 80.7 Å². The Labute approximate surface area is 613 Å². The van der Waals surface area contributed by atoms with Crippen molar-refractivity contribution in [3.05, 3.63) is 268 Å². The maximum Gasteiger partial charge on any atom is 0.343 e. The fraction of sp³-hybridized carbons (Fsp3) is 0.235. The molecule has 4 atom stereocenters. The van der Waals surface area contributed by atoms with Crippen LogP contribution in [0.5, 0.6) is 28.7 Å². The highest BCUT2D eigenvalue weighted by Crippen LogP contribution is 2.44. The van der Waals surface area contributed by atoms with Gasteiger partial charge in [-0.25, -0.2) is 43.2 Å². The number of benzene rings is 8. The number of anilines is 1. The fourth-order valence-electron chi connectivity index (χ4n) is 10.9. The van der Waals surface area contributed by atoms with Crippen LogP contribution in [0.4, 0.5) is 5.69 Å². The predicted molar refractivity (Wildman–Crippen MR) is 393 cm³/mol. The van der Waals surface area contributed by atoms with Crippen LogP contribution in [0.2, 0.25) is 0 Å². The summed E-state index contributed by atoms with van der Waals surface area (Å²) in [6, 6.07) is 48.6. The van der Waals surface area contributed by atoms with Crippen LogP contribution in [0.1, 0.15) is 176 Å². The zero-order chi connectivity index (χ0) is 75.5. The summed E-state index contributed by atoms with van der Waals surface area (Å²) in [6.45, 7) is 10.4. The highest BCUT2D eigenvalue weighted by atomic mass is 16.6. The van der Waals surface area contributed by atoms with Crippen LogP contribution >= 0.6 is 0 Å². The number of hydrogen-bond donors (Lipinski definition) is 0. The van der Waals surface area contributed by atoms with Gasteiger partial charge in [0.25, 0.3) is 0 Å². The van der Waals surface area contributed by atoms with Crippen LogP contribution in [0.3, 0.4) is 0 Å². The molecule has 4 unspecified atom stereocenters. The van der Waals surface area contributed by atoms with Crippen LogP contribution in [-0.4, -0.2) is 91.5 Å². The minimum atomic E-state index is -1.03. The van der Waals surface area contributed by atoms with Crippen LogP contribution in [0.25, 0.3) is 18.2 Å². The third-order valence-corrected chi connectivity index (χ3v) is 17.0. The number of unbranched alkanes of at least 4 members (excludes halogenated alkanes) is 3. The van der Waals surface area contributed by atoms with E-state index in [1.54, 1.807) is 117 Å². The second-order valence-electron chi connectivity index (χ2n) is 24.6. The molecule has 106 heavy (non-hydrogen) atoms. The van der Waals surface area contributed by atoms with Crippen molar-refractivity contribution in [3.63, 3.8) is 0 Å². The highest BCUT2D eigenvalue weighted by Gasteiger charge is 2.50. The molecule has 1 heterocycles. The molecule has 2 amide bonds. The van der Waals surface area contributed by atoms with Crippen LogP contribution in [-0.2, 0) is 42.9 Å². The molecule has 1 aliphatic rings. The van der Waals surface area contributed by atoms with Crippen molar-refractivity contribution in [2.24, 2.45) is 11.8 Å². The van der Waals surface area contributed by atoms with E-state index in [1.807, 2.05) is 20.8 Å². The lowest BCUT2D eigenvalue weighted by molar-refractivity contribution is -0.138. The fourth-order valence-corrected chi connectivity index (χ4v) is 10.9. The third kappa shape index (κ3) is 22.2. The van der Waals surface area contributed by atoms with Gasteiger partial charge >= 0.3 is 53.7 Å². The summed E-state index contributed by atoms with van der Waals surface area (Å²) in [6.07, 6.45) is 13.1. The number of carbonyl (C=O) groups is 11. The monoisotopic (exact) mass is 1430 g/mol. The van der Waals surface area contributed by atoms with E-state index >= 15 is 0 Å². The van der Waals surface area contributed by atoms with Gasteiger partial charge in [-0.15, -0.1) is 0 Å². The number of imide groups is 1. The van der Waals surface area contributed by atoms with Gasteiger partial charge in [-0.1, -0.05) is 102 Å². The van der Waals surface area contributed by atoms with E-state index in [4.69, 9.17) is 42.6 Å². The van der Waals surface area contributed by atoms with Gasteiger partial charge in [-0.3, -0.25) is 14.5 Å². The Balaban J connectivity index is 0.854. The zero-order valence-corrected chi connectivity index (χ0v) is 59.1. The summed E-state index contributed by atoms with van der Waals surface area (Å²) >= 11 is 0. The molecule has 1 saturated heterocycles. The van der Waals surface area contributed by atoms with Crippen molar-refractivity contribution >= 4 is 89.5 Å². The number of hydrogen-bond acceptors (Lipinski definition) is 20. The number of rotatable bonds is 33. The number of nitrogens with zero attached hydrogens (tertiary/aromatic N) is 1. The molecular formula is C85H79NO20. The van der Waals surface area contributed by atoms with Crippen molar-refractivity contribution in [2.75, 3.05) is 24.7 Å². The summed E-state index contributed by atoms with van der Waals surface area (Å²) in [5.41, 5.74) is 3.82. The molecule has 8 aromatic carbocycles. The van der Waals surface area contributed by atoms with Gasteiger partial charge < -0.3 is 42.6 Å². The van der Waals surface area contributed by atoms with E-state index < -0.39 is 89.4 Å². The SMILES string of the molecule is CCCCOC(=O)/C=C/c1ccc(C(=O)Oc2ccc(C(=O)Oc3ccc(C(CC(CC)OC(=O)c4ccc(OC(=O)c5ccc(/C=C/C(=O)OCCCC)cc5)cc4)C4C(=O)N(c5ccc(OC(=O)c6ccc(OC(=O)c7ccc(/C=C/C(=O)OCCCC)cc7)cc6)cc5)C(=O)C4C)cc3)cc2)cc1. The second-order valence-corrected chi connectivity index (χ2v) is 24.6. The molecule has 21 heteroatoms. The van der Waals surface area contributed by atoms with Crippen LogP contribution < -0.4 is 28.6 Å². The molecule has 8 aromatic rings. The van der Waals surface area contributed by atoms with Crippen molar-refractivity contribution in [2.45, 2.75) is 98.0 Å². The van der Waals surface area contributed by atoms with Gasteiger partial charge in [0.1, 0.15) is 34.9 Å². The van der Waals surface area contributed by atoms with E-state index in [1.165, 1.54) is 127 Å². The quantitative estimate of drug-likeness (QED) is 0.00923. The number of ether oxygens (including phenoxy) is 9. The topological polar surface area (TPSA) is 274 Å². The first-order valence-corrected chi connectivity index (χ1v) is 34.8. The summed E-state index contributed by atoms with van der Waals surface area (Å²) in [5.74, 6) is -8.78. The normalized spacial score (nSPS) is 13.9. The Kier molecular flexibility index (Phi) is 28.2. The van der Waals surface area contributed by atoms with Gasteiger partial charge in [0.15, 0.2) is 0 Å². The molecule has 0 saturated carbocycles. The lowest BCUT2D eigenvalue weighted by Gasteiger charge is -2.28. The second kappa shape index (κ2) is 38.6. The molecule has 1 aliphatic heterocycles. The molecule has 0 spiro atoms. The zero-order valence-electron chi connectivity index (χ0n) is 59.1. The molecule has 21 nitrogen and oxygen atoms in total. The molecule has 0 aliphatic carbocycles. The largest absolute Gasteiger partial charge is 0.463 e. The Bertz CT molecular complexity index is 4500. The number of carbonyl (C=O) groups excluding carboxylic acids is 11. The van der Waals surface area contributed by atoms with E-state index in [9.17, 15) is 52.7 Å². The molecule has 9 rings (SSSR count). The average Bonchev–Trinajstić information content (AvgIpc) is 1.61. The summed E-state index contributed by atoms with van der Waals surface area (Å²) in [7, 11) is 0. The van der Waals surface area contributed by atoms with Crippen molar-refractivity contribution < 1.29 is 95.4 Å². The molecule has 0 N–H and O–H groups in total. The van der Waals surface area contributed by atoms with E-state index in [2.05, 4.69) is 0 Å². The van der Waals surface area contributed by atoms with Gasteiger partial charge in [-0.05, 0) is 224 Å². The highest BCUT2D eigenvalue weighted by molar-refractivity contribution is 6.22. The Morgan fingerprint density at radius 1 is 0.368 bits per heavy atom. The lowest BCUT2D eigenvalue weighted by Crippen LogP contribution is -2.33. The Hall–Kier alpha value is -12.7. The Morgan fingerprint density at radius 2 is 0.651 bits per heavy atom. The smallest absolute Gasteiger partial charge is 0.343 e. The van der Waals surface area contributed by atoms with Crippen LogP contribution in [0.15, 0.2) is 212 Å². The minimum Gasteiger partial charge on any atom is -0.463 e. The summed E-state index contributed by atoms with van der Waals surface area (Å²) < 4.78 is 49.7. The van der Waals surface area contributed by atoms with Gasteiger partial charge in [-0.2, -0.15) is 0 Å². The lowest BCUT2D eigenvalue weighted by atomic mass is 9.76. The first-order valence-electron chi connectivity index (χ1n) is 34.8. The molecule has 0 bridgehead atoms. The van der Waals surface area contributed by atoms with Crippen LogP contribution in [0, 0.1) is 11.8 Å². The van der Waals surface area contributed by atoms with E-state index in [0.29, 0.717) is 42.1 Å². The van der Waals surface area contributed by atoms with Gasteiger partial charge in [0.05, 0.1) is 64.8 Å². The first kappa shape index (κ1) is 77.5. The summed E-state index contributed by atoms with van der Waals surface area (Å²) in [4.78, 5) is 147. The van der Waals surface area contributed by atoms with Crippen molar-refractivity contribution in [3.8, 4) is 28.7 Å². The molecule has 0 aromatic heterocycles. The minimum absolute atomic E-state index is 0.0402. The molecule has 1 fully saturated rings. The van der Waals surface area contributed by atoms with Gasteiger partial charge in [0.2, 0.25) is 11.8 Å². The Morgan fingerprint density at radius 3 is 0.953 bits per heavy atom. The van der Waals surface area contributed by atoms with Crippen molar-refractivity contribution in [1.82, 2.24) is 0 Å². The molecule has 544 valence electrons. The maximum absolute atomic E-state index is 15.0. The van der Waals surface area contributed by atoms with E-state index in [0.717, 1.165) is 43.4 Å². The standard InChI is InChI=1S/C85H79NO20/c1-6-10-51-98-74(87)48-19-56-13-22-60(23-14-56)81(93)103-69-40-30-63(31-41-69)80(92)101-67(9-4)54-73(59-28-38-68(39-29-59)102-84(96)64-32-42-70(43-33-64)104-82(94)61-24-15-57(16-25-61)20-49-75(88)99-52-11-7-2)77-55(5)78(90)86(79(77)91)66-36-46-72(47-37-66)106-85(97)65-34-44-71(45-35-65)105-83(95)62-26-17-58(18-27-62)21-50-76(89)100-53-12-8-3/h13-50,55,67,73,77H,6-12,51-54H2,1-5H3/b48-19+,49-20+,50-21+. The first-order chi connectivity index (χ1) is 51.3. The summed E-state index contributed by atoms with van der Waals surface area (Å²) in [5, 5.41) is 0. The van der Waals surface area contributed by atoms with Gasteiger partial charge in [0, 0.05) is 24.1 Å². The average molecular weight is 1430 g/mol.